The van der Waals surface area contributed by atoms with Crippen LogP contribution in [0.1, 0.15) is 19.8 Å². The van der Waals surface area contributed by atoms with Gasteiger partial charge in [0.05, 0.1) is 13.7 Å². The predicted octanol–water partition coefficient (Wildman–Crippen LogP) is 2.15. The van der Waals surface area contributed by atoms with Crippen LogP contribution in [-0.2, 0) is 4.79 Å². The fraction of sp³-hybridized carbons (Fsp3) is 0.533. The molecule has 1 aromatic carbocycles. The van der Waals surface area contributed by atoms with Gasteiger partial charge in [-0.25, -0.2) is 0 Å². The van der Waals surface area contributed by atoms with Crippen molar-refractivity contribution in [2.45, 2.75) is 19.8 Å². The van der Waals surface area contributed by atoms with Crippen LogP contribution in [0.15, 0.2) is 24.3 Å². The van der Waals surface area contributed by atoms with Gasteiger partial charge in [0.15, 0.2) is 11.5 Å². The molecule has 5 heteroatoms. The topological polar surface area (TPSA) is 81.8 Å². The third-order valence-electron chi connectivity index (χ3n) is 3.12. The van der Waals surface area contributed by atoms with Gasteiger partial charge in [-0.3, -0.25) is 4.79 Å². The van der Waals surface area contributed by atoms with Gasteiger partial charge in [0.2, 0.25) is 0 Å². The Morgan fingerprint density at radius 3 is 2.55 bits per heavy atom. The predicted molar refractivity (Wildman–Crippen MR) is 77.1 cm³/mol. The SMILES string of the molecule is COc1ccccc1OCC(C)C[C@H](CN)CC(=O)O. The summed E-state index contributed by atoms with van der Waals surface area (Å²) in [7, 11) is 1.60. The molecule has 0 radical (unpaired) electrons. The van der Waals surface area contributed by atoms with Gasteiger partial charge in [-0.05, 0) is 36.9 Å². The van der Waals surface area contributed by atoms with E-state index in [4.69, 9.17) is 20.3 Å². The van der Waals surface area contributed by atoms with Gasteiger partial charge in [0, 0.05) is 6.42 Å². The molecule has 1 aromatic rings. The molecular formula is C15H23NO4. The van der Waals surface area contributed by atoms with Crippen LogP contribution < -0.4 is 15.2 Å². The lowest BCUT2D eigenvalue weighted by atomic mass is 9.93. The molecule has 2 atom stereocenters. The number of rotatable bonds is 9. The zero-order valence-corrected chi connectivity index (χ0v) is 12.0. The smallest absolute Gasteiger partial charge is 0.303 e. The Morgan fingerprint density at radius 2 is 2.00 bits per heavy atom. The van der Waals surface area contributed by atoms with Crippen molar-refractivity contribution < 1.29 is 19.4 Å². The van der Waals surface area contributed by atoms with Crippen molar-refractivity contribution in [3.05, 3.63) is 24.3 Å². The van der Waals surface area contributed by atoms with E-state index < -0.39 is 5.97 Å². The first-order valence-electron chi connectivity index (χ1n) is 6.74. The second-order valence-electron chi connectivity index (χ2n) is 5.00. The first-order valence-corrected chi connectivity index (χ1v) is 6.74. The van der Waals surface area contributed by atoms with Gasteiger partial charge < -0.3 is 20.3 Å². The average Bonchev–Trinajstić information content (AvgIpc) is 2.44. The standard InChI is InChI=1S/C15H23NO4/c1-11(7-12(9-16)8-15(17)18)10-20-14-6-4-3-5-13(14)19-2/h3-6,11-12H,7-10,16H2,1-2H3,(H,17,18)/t11?,12-/m0/s1. The highest BCUT2D eigenvalue weighted by atomic mass is 16.5. The fourth-order valence-electron chi connectivity index (χ4n) is 2.12. The molecule has 0 saturated heterocycles. The number of para-hydroxylation sites is 2. The van der Waals surface area contributed by atoms with Crippen molar-refractivity contribution in [2.75, 3.05) is 20.3 Å². The second kappa shape index (κ2) is 8.43. The number of nitrogens with two attached hydrogens (primary N) is 1. The molecule has 1 rings (SSSR count). The monoisotopic (exact) mass is 281 g/mol. The summed E-state index contributed by atoms with van der Waals surface area (Å²) in [6, 6.07) is 7.46. The van der Waals surface area contributed by atoms with E-state index in [1.165, 1.54) is 0 Å². The number of hydrogen-bond donors (Lipinski definition) is 2. The van der Waals surface area contributed by atoms with Crippen LogP contribution in [0.25, 0.3) is 0 Å². The summed E-state index contributed by atoms with van der Waals surface area (Å²) in [6.07, 6.45) is 0.841. The number of benzene rings is 1. The highest BCUT2D eigenvalue weighted by Gasteiger charge is 2.16. The number of carboxylic acid groups (broad SMARTS) is 1. The molecule has 112 valence electrons. The Morgan fingerprint density at radius 1 is 1.35 bits per heavy atom. The Labute approximate surface area is 119 Å². The molecule has 0 aromatic heterocycles. The van der Waals surface area contributed by atoms with Crippen molar-refractivity contribution in [3.63, 3.8) is 0 Å². The molecule has 0 amide bonds. The summed E-state index contributed by atoms with van der Waals surface area (Å²) in [6.45, 7) is 2.92. The van der Waals surface area contributed by atoms with E-state index >= 15 is 0 Å². The Balaban J connectivity index is 2.46. The molecule has 0 heterocycles. The molecule has 5 nitrogen and oxygen atoms in total. The maximum atomic E-state index is 10.7. The van der Waals surface area contributed by atoms with Gasteiger partial charge >= 0.3 is 5.97 Å². The van der Waals surface area contributed by atoms with E-state index in [2.05, 4.69) is 0 Å². The summed E-state index contributed by atoms with van der Waals surface area (Å²) in [4.78, 5) is 10.7. The van der Waals surface area contributed by atoms with E-state index in [0.717, 1.165) is 6.42 Å². The number of methoxy groups -OCH3 is 1. The minimum Gasteiger partial charge on any atom is -0.493 e. The summed E-state index contributed by atoms with van der Waals surface area (Å²) in [5.41, 5.74) is 5.60. The zero-order chi connectivity index (χ0) is 15.0. The Bertz CT molecular complexity index is 422. The zero-order valence-electron chi connectivity index (χ0n) is 12.0. The average molecular weight is 281 g/mol. The van der Waals surface area contributed by atoms with Crippen molar-refractivity contribution in [3.8, 4) is 11.5 Å². The highest BCUT2D eigenvalue weighted by Crippen LogP contribution is 2.27. The van der Waals surface area contributed by atoms with Gasteiger partial charge in [-0.1, -0.05) is 19.1 Å². The third-order valence-corrected chi connectivity index (χ3v) is 3.12. The normalized spacial score (nSPS) is 13.6. The molecule has 0 aliphatic rings. The first kappa shape index (κ1) is 16.3. The van der Waals surface area contributed by atoms with E-state index in [1.54, 1.807) is 7.11 Å². The van der Waals surface area contributed by atoms with Crippen LogP contribution in [0.3, 0.4) is 0 Å². The number of carbonyl (C=O) groups is 1. The molecule has 0 aliphatic heterocycles. The van der Waals surface area contributed by atoms with Crippen molar-refractivity contribution in [1.82, 2.24) is 0 Å². The quantitative estimate of drug-likeness (QED) is 0.724. The lowest BCUT2D eigenvalue weighted by molar-refractivity contribution is -0.138. The van der Waals surface area contributed by atoms with Crippen LogP contribution in [0.2, 0.25) is 0 Å². The Kier molecular flexibility index (Phi) is 6.87. The number of aliphatic carboxylic acids is 1. The molecule has 0 spiro atoms. The van der Waals surface area contributed by atoms with Crippen molar-refractivity contribution in [2.24, 2.45) is 17.6 Å². The lowest BCUT2D eigenvalue weighted by Gasteiger charge is -2.19. The van der Waals surface area contributed by atoms with Crippen molar-refractivity contribution >= 4 is 5.97 Å². The largest absolute Gasteiger partial charge is 0.493 e. The van der Waals surface area contributed by atoms with Crippen LogP contribution >= 0.6 is 0 Å². The van der Waals surface area contributed by atoms with Crippen LogP contribution in [-0.4, -0.2) is 31.3 Å². The van der Waals surface area contributed by atoms with Crippen LogP contribution in [0.5, 0.6) is 11.5 Å². The van der Waals surface area contributed by atoms with Crippen molar-refractivity contribution in [1.29, 1.82) is 0 Å². The summed E-state index contributed by atoms with van der Waals surface area (Å²) < 4.78 is 10.9. The van der Waals surface area contributed by atoms with Gasteiger partial charge in [-0.15, -0.1) is 0 Å². The molecule has 0 bridgehead atoms. The molecular weight excluding hydrogens is 258 g/mol. The molecule has 1 unspecified atom stereocenters. The molecule has 0 fully saturated rings. The minimum atomic E-state index is -0.807. The Hall–Kier alpha value is -1.75. The summed E-state index contributed by atoms with van der Waals surface area (Å²) in [5.74, 6) is 0.805. The maximum Gasteiger partial charge on any atom is 0.303 e. The van der Waals surface area contributed by atoms with E-state index in [-0.39, 0.29) is 18.3 Å². The van der Waals surface area contributed by atoms with Gasteiger partial charge in [0.25, 0.3) is 0 Å². The second-order valence-corrected chi connectivity index (χ2v) is 5.00. The lowest BCUT2D eigenvalue weighted by Crippen LogP contribution is -2.22. The van der Waals surface area contributed by atoms with Gasteiger partial charge in [-0.2, -0.15) is 0 Å². The fourth-order valence-corrected chi connectivity index (χ4v) is 2.12. The highest BCUT2D eigenvalue weighted by molar-refractivity contribution is 5.67. The van der Waals surface area contributed by atoms with E-state index in [1.807, 2.05) is 31.2 Å². The molecule has 0 aliphatic carbocycles. The maximum absolute atomic E-state index is 10.7. The molecule has 3 N–H and O–H groups in total. The van der Waals surface area contributed by atoms with Crippen LogP contribution in [0.4, 0.5) is 0 Å². The number of carboxylic acids is 1. The number of hydrogen-bond acceptors (Lipinski definition) is 4. The molecule has 20 heavy (non-hydrogen) atoms. The van der Waals surface area contributed by atoms with E-state index in [9.17, 15) is 4.79 Å². The third kappa shape index (κ3) is 5.48. The molecule has 0 saturated carbocycles. The van der Waals surface area contributed by atoms with Gasteiger partial charge in [0.1, 0.15) is 0 Å². The van der Waals surface area contributed by atoms with Crippen LogP contribution in [0, 0.1) is 11.8 Å². The minimum absolute atomic E-state index is 0.0104. The first-order chi connectivity index (χ1) is 9.56. The summed E-state index contributed by atoms with van der Waals surface area (Å²) in [5, 5.41) is 8.80. The number of ether oxygens (including phenoxy) is 2. The van der Waals surface area contributed by atoms with E-state index in [0.29, 0.717) is 24.7 Å². The summed E-state index contributed by atoms with van der Waals surface area (Å²) >= 11 is 0.